The van der Waals surface area contributed by atoms with E-state index in [1.165, 1.54) is 0 Å². The fourth-order valence-corrected chi connectivity index (χ4v) is 2.60. The van der Waals surface area contributed by atoms with E-state index in [9.17, 15) is 4.79 Å². The number of rotatable bonds is 3. The monoisotopic (exact) mass is 295 g/mol. The third-order valence-corrected chi connectivity index (χ3v) is 3.22. The summed E-state index contributed by atoms with van der Waals surface area (Å²) in [6, 6.07) is 5.50. The minimum absolute atomic E-state index is 0.444. The average Bonchev–Trinajstić information content (AvgIpc) is 2.26. The van der Waals surface area contributed by atoms with Gasteiger partial charge in [-0.25, -0.2) is 4.79 Å². The molecule has 1 N–H and O–H groups in total. The first-order valence-electron chi connectivity index (χ1n) is 5.47. The summed E-state index contributed by atoms with van der Waals surface area (Å²) in [5.74, 6) is -0.833. The van der Waals surface area contributed by atoms with Crippen molar-refractivity contribution in [2.24, 2.45) is 0 Å². The van der Waals surface area contributed by atoms with E-state index in [0.717, 1.165) is 41.7 Å². The molecule has 0 saturated heterocycles. The van der Waals surface area contributed by atoms with Crippen LogP contribution in [-0.2, 0) is 13.0 Å². The van der Waals surface area contributed by atoms with Crippen LogP contribution in [0.5, 0.6) is 0 Å². The number of fused-ring (bicyclic) bond motifs is 1. The van der Waals surface area contributed by atoms with Gasteiger partial charge in [-0.3, -0.25) is 4.90 Å². The molecule has 1 aromatic carbocycles. The zero-order valence-electron chi connectivity index (χ0n) is 9.45. The van der Waals surface area contributed by atoms with Gasteiger partial charge in [0.1, 0.15) is 0 Å². The molecule has 90 valence electrons. The van der Waals surface area contributed by atoms with Gasteiger partial charge in [0, 0.05) is 24.1 Å². The van der Waals surface area contributed by atoms with Crippen LogP contribution in [0.2, 0.25) is 0 Å². The Balaban J connectivity index is 2.25. The van der Waals surface area contributed by atoms with Gasteiger partial charge in [-0.1, -0.05) is 34.6 Å². The number of hydrogen-bond acceptors (Lipinski definition) is 2. The van der Waals surface area contributed by atoms with Gasteiger partial charge in [-0.05, 0) is 23.6 Å². The van der Waals surface area contributed by atoms with E-state index in [1.807, 2.05) is 12.1 Å². The Morgan fingerprint density at radius 1 is 1.53 bits per heavy atom. The van der Waals surface area contributed by atoms with Crippen LogP contribution in [0.25, 0.3) is 0 Å². The Labute approximate surface area is 109 Å². The molecular formula is C13H14BrNO2. The third-order valence-electron chi connectivity index (χ3n) is 2.97. The number of carbonyl (C=O) groups is 1. The van der Waals surface area contributed by atoms with E-state index in [2.05, 4.69) is 27.4 Å². The summed E-state index contributed by atoms with van der Waals surface area (Å²) in [5.41, 5.74) is 2.54. The second-order valence-electron chi connectivity index (χ2n) is 4.23. The van der Waals surface area contributed by atoms with Crippen LogP contribution in [0.15, 0.2) is 29.3 Å². The van der Waals surface area contributed by atoms with Crippen LogP contribution < -0.4 is 0 Å². The summed E-state index contributed by atoms with van der Waals surface area (Å²) in [6.07, 6.45) is 0.790. The highest BCUT2D eigenvalue weighted by Crippen LogP contribution is 2.23. The normalized spacial score (nSPS) is 15.4. The van der Waals surface area contributed by atoms with Crippen molar-refractivity contribution in [1.82, 2.24) is 4.90 Å². The fraction of sp³-hybridized carbons (Fsp3) is 0.308. The molecule has 0 amide bonds. The SMILES string of the molecule is C=C(Br)CN1CCc2c(cccc2C(=O)O)C1. The van der Waals surface area contributed by atoms with Crippen molar-refractivity contribution >= 4 is 21.9 Å². The van der Waals surface area contributed by atoms with Crippen molar-refractivity contribution in [1.29, 1.82) is 0 Å². The maximum absolute atomic E-state index is 11.1. The number of carboxylic acid groups (broad SMARTS) is 1. The minimum Gasteiger partial charge on any atom is -0.478 e. The molecule has 0 aromatic heterocycles. The maximum Gasteiger partial charge on any atom is 0.335 e. The standard InChI is InChI=1S/C13H14BrNO2/c1-9(14)7-15-6-5-11-10(8-15)3-2-4-12(11)13(16)17/h2-4H,1,5-8H2,(H,16,17). The van der Waals surface area contributed by atoms with E-state index in [4.69, 9.17) is 5.11 Å². The third kappa shape index (κ3) is 2.76. The molecule has 1 aromatic rings. The van der Waals surface area contributed by atoms with Gasteiger partial charge in [0.05, 0.1) is 5.56 Å². The molecule has 0 aliphatic carbocycles. The number of aromatic carboxylic acids is 1. The molecular weight excluding hydrogens is 282 g/mol. The van der Waals surface area contributed by atoms with Gasteiger partial charge in [-0.2, -0.15) is 0 Å². The largest absolute Gasteiger partial charge is 0.478 e. The molecule has 1 heterocycles. The van der Waals surface area contributed by atoms with Crippen LogP contribution in [0.3, 0.4) is 0 Å². The number of halogens is 1. The Bertz CT molecular complexity index is 470. The van der Waals surface area contributed by atoms with E-state index >= 15 is 0 Å². The van der Waals surface area contributed by atoms with Gasteiger partial charge in [-0.15, -0.1) is 0 Å². The van der Waals surface area contributed by atoms with E-state index < -0.39 is 5.97 Å². The molecule has 2 rings (SSSR count). The summed E-state index contributed by atoms with van der Waals surface area (Å²) in [4.78, 5) is 13.4. The molecule has 1 aliphatic heterocycles. The lowest BCUT2D eigenvalue weighted by molar-refractivity contribution is 0.0694. The van der Waals surface area contributed by atoms with Gasteiger partial charge in [0.2, 0.25) is 0 Å². The van der Waals surface area contributed by atoms with Crippen molar-refractivity contribution in [2.45, 2.75) is 13.0 Å². The molecule has 0 fully saturated rings. The summed E-state index contributed by atoms with van der Waals surface area (Å²) in [5, 5.41) is 9.12. The Hall–Kier alpha value is -1.13. The highest BCUT2D eigenvalue weighted by Gasteiger charge is 2.20. The molecule has 4 heteroatoms. The van der Waals surface area contributed by atoms with E-state index in [1.54, 1.807) is 6.07 Å². The number of benzene rings is 1. The fourth-order valence-electron chi connectivity index (χ4n) is 2.25. The van der Waals surface area contributed by atoms with Gasteiger partial charge >= 0.3 is 5.97 Å². The second kappa shape index (κ2) is 5.02. The average molecular weight is 296 g/mol. The molecule has 17 heavy (non-hydrogen) atoms. The minimum atomic E-state index is -0.833. The summed E-state index contributed by atoms with van der Waals surface area (Å²) in [7, 11) is 0. The summed E-state index contributed by atoms with van der Waals surface area (Å²) >= 11 is 3.36. The number of carboxylic acids is 1. The van der Waals surface area contributed by atoms with Crippen LogP contribution in [0, 0.1) is 0 Å². The Morgan fingerprint density at radius 2 is 2.29 bits per heavy atom. The lowest BCUT2D eigenvalue weighted by Crippen LogP contribution is -2.32. The molecule has 0 bridgehead atoms. The molecule has 0 atom stereocenters. The van der Waals surface area contributed by atoms with Crippen molar-refractivity contribution in [3.05, 3.63) is 46.0 Å². The van der Waals surface area contributed by atoms with Crippen LogP contribution in [0.1, 0.15) is 21.5 Å². The van der Waals surface area contributed by atoms with Crippen molar-refractivity contribution in [2.75, 3.05) is 13.1 Å². The maximum atomic E-state index is 11.1. The van der Waals surface area contributed by atoms with Gasteiger partial charge in [0.25, 0.3) is 0 Å². The molecule has 0 spiro atoms. The predicted octanol–water partition coefficient (Wildman–Crippen LogP) is 2.65. The number of nitrogens with zero attached hydrogens (tertiary/aromatic N) is 1. The Kier molecular flexibility index (Phi) is 3.64. The zero-order valence-corrected chi connectivity index (χ0v) is 11.0. The smallest absolute Gasteiger partial charge is 0.335 e. The molecule has 0 unspecified atom stereocenters. The quantitative estimate of drug-likeness (QED) is 0.932. The van der Waals surface area contributed by atoms with Crippen molar-refractivity contribution in [3.8, 4) is 0 Å². The van der Waals surface area contributed by atoms with Gasteiger partial charge < -0.3 is 5.11 Å². The topological polar surface area (TPSA) is 40.5 Å². The molecule has 3 nitrogen and oxygen atoms in total. The molecule has 0 radical (unpaired) electrons. The number of hydrogen-bond donors (Lipinski definition) is 1. The van der Waals surface area contributed by atoms with Crippen LogP contribution in [0.4, 0.5) is 0 Å². The Morgan fingerprint density at radius 3 is 2.94 bits per heavy atom. The van der Waals surface area contributed by atoms with Gasteiger partial charge in [0.15, 0.2) is 0 Å². The second-order valence-corrected chi connectivity index (χ2v) is 5.35. The van der Waals surface area contributed by atoms with Crippen molar-refractivity contribution in [3.63, 3.8) is 0 Å². The molecule has 1 aliphatic rings. The van der Waals surface area contributed by atoms with E-state index in [-0.39, 0.29) is 0 Å². The first-order valence-corrected chi connectivity index (χ1v) is 6.27. The summed E-state index contributed by atoms with van der Waals surface area (Å²) in [6.45, 7) is 6.30. The highest BCUT2D eigenvalue weighted by atomic mass is 79.9. The van der Waals surface area contributed by atoms with Crippen molar-refractivity contribution < 1.29 is 9.90 Å². The van der Waals surface area contributed by atoms with Crippen LogP contribution in [-0.4, -0.2) is 29.1 Å². The zero-order chi connectivity index (χ0) is 12.4. The lowest BCUT2D eigenvalue weighted by atomic mass is 9.94. The highest BCUT2D eigenvalue weighted by molar-refractivity contribution is 9.11. The van der Waals surface area contributed by atoms with Crippen LogP contribution >= 0.6 is 15.9 Å². The lowest BCUT2D eigenvalue weighted by Gasteiger charge is -2.29. The summed E-state index contributed by atoms with van der Waals surface area (Å²) < 4.78 is 0.954. The molecule has 0 saturated carbocycles. The van der Waals surface area contributed by atoms with E-state index in [0.29, 0.717) is 5.56 Å². The predicted molar refractivity (Wildman–Crippen MR) is 70.4 cm³/mol. The first-order chi connectivity index (χ1) is 8.08. The first kappa shape index (κ1) is 12.3.